The van der Waals surface area contributed by atoms with E-state index in [0.717, 1.165) is 51.1 Å². The van der Waals surface area contributed by atoms with E-state index in [2.05, 4.69) is 18.7 Å². The monoisotopic (exact) mass is 334 g/mol. The maximum atomic E-state index is 13.5. The molecule has 4 nitrogen and oxygen atoms in total. The standard InChI is InChI=1S/C19H27FN2O2/c1-19(2)7-6-14(13-19)18(23)22-10-8-21(9-11-22)15-4-5-16(20)17(12-15)24-3/h4-5,12,14H,6-11,13H2,1-3H3. The Kier molecular flexibility index (Phi) is 4.70. The van der Waals surface area contributed by atoms with Crippen LogP contribution in [-0.2, 0) is 4.79 Å². The minimum atomic E-state index is -0.348. The van der Waals surface area contributed by atoms with Crippen molar-refractivity contribution >= 4 is 11.6 Å². The van der Waals surface area contributed by atoms with Crippen LogP contribution >= 0.6 is 0 Å². The second kappa shape index (κ2) is 6.61. The van der Waals surface area contributed by atoms with Gasteiger partial charge in [0.15, 0.2) is 11.6 Å². The van der Waals surface area contributed by atoms with Crippen molar-refractivity contribution in [1.29, 1.82) is 0 Å². The number of halogens is 1. The second-order valence-corrected chi connectivity index (χ2v) is 7.74. The van der Waals surface area contributed by atoms with Gasteiger partial charge in [-0.2, -0.15) is 0 Å². The quantitative estimate of drug-likeness (QED) is 0.850. The van der Waals surface area contributed by atoms with Gasteiger partial charge in [-0.25, -0.2) is 4.39 Å². The molecule has 24 heavy (non-hydrogen) atoms. The third kappa shape index (κ3) is 3.50. The minimum absolute atomic E-state index is 0.192. The molecule has 1 saturated carbocycles. The zero-order chi connectivity index (χ0) is 17.3. The van der Waals surface area contributed by atoms with Gasteiger partial charge >= 0.3 is 0 Å². The van der Waals surface area contributed by atoms with E-state index in [0.29, 0.717) is 11.3 Å². The van der Waals surface area contributed by atoms with Gasteiger partial charge in [0, 0.05) is 43.9 Å². The van der Waals surface area contributed by atoms with Gasteiger partial charge in [0.25, 0.3) is 0 Å². The highest BCUT2D eigenvalue weighted by molar-refractivity contribution is 5.79. The molecule has 0 bridgehead atoms. The molecule has 0 spiro atoms. The number of piperazine rings is 1. The summed E-state index contributed by atoms with van der Waals surface area (Å²) in [5.41, 5.74) is 1.25. The maximum Gasteiger partial charge on any atom is 0.225 e. The zero-order valence-corrected chi connectivity index (χ0v) is 14.8. The number of ether oxygens (including phenoxy) is 1. The molecule has 3 rings (SSSR count). The van der Waals surface area contributed by atoms with E-state index in [4.69, 9.17) is 4.74 Å². The Bertz CT molecular complexity index is 609. The predicted octanol–water partition coefficient (Wildman–Crippen LogP) is 3.31. The summed E-state index contributed by atoms with van der Waals surface area (Å²) in [5.74, 6) is 0.424. The number of benzene rings is 1. The summed E-state index contributed by atoms with van der Waals surface area (Å²) in [6, 6.07) is 4.94. The minimum Gasteiger partial charge on any atom is -0.494 e. The van der Waals surface area contributed by atoms with Crippen LogP contribution < -0.4 is 9.64 Å². The molecule has 1 saturated heterocycles. The van der Waals surface area contributed by atoms with Gasteiger partial charge in [-0.15, -0.1) is 0 Å². The van der Waals surface area contributed by atoms with Crippen molar-refractivity contribution in [2.75, 3.05) is 38.2 Å². The third-order valence-corrected chi connectivity index (χ3v) is 5.41. The van der Waals surface area contributed by atoms with Crippen LogP contribution in [0.1, 0.15) is 33.1 Å². The van der Waals surface area contributed by atoms with E-state index in [1.165, 1.54) is 13.2 Å². The van der Waals surface area contributed by atoms with Crippen molar-refractivity contribution in [3.8, 4) is 5.75 Å². The number of nitrogens with zero attached hydrogens (tertiary/aromatic N) is 2. The first-order valence-corrected chi connectivity index (χ1v) is 8.77. The topological polar surface area (TPSA) is 32.8 Å². The van der Waals surface area contributed by atoms with E-state index in [1.54, 1.807) is 12.1 Å². The number of amides is 1. The van der Waals surface area contributed by atoms with E-state index in [1.807, 2.05) is 4.90 Å². The van der Waals surface area contributed by atoms with Crippen molar-refractivity contribution in [3.05, 3.63) is 24.0 Å². The highest BCUT2D eigenvalue weighted by Crippen LogP contribution is 2.41. The van der Waals surface area contributed by atoms with Gasteiger partial charge < -0.3 is 14.5 Å². The van der Waals surface area contributed by atoms with Gasteiger partial charge in [0.1, 0.15) is 0 Å². The smallest absolute Gasteiger partial charge is 0.225 e. The van der Waals surface area contributed by atoms with Crippen molar-refractivity contribution in [1.82, 2.24) is 4.90 Å². The first kappa shape index (κ1) is 17.1. The fraction of sp³-hybridized carbons (Fsp3) is 0.632. The largest absolute Gasteiger partial charge is 0.494 e. The molecule has 1 aromatic rings. The molecule has 0 aromatic heterocycles. The Morgan fingerprint density at radius 3 is 2.54 bits per heavy atom. The van der Waals surface area contributed by atoms with Crippen LogP contribution in [0.15, 0.2) is 18.2 Å². The van der Waals surface area contributed by atoms with Crippen LogP contribution in [0.25, 0.3) is 0 Å². The molecule has 1 unspecified atom stereocenters. The van der Waals surface area contributed by atoms with E-state index in [-0.39, 0.29) is 17.5 Å². The highest BCUT2D eigenvalue weighted by Gasteiger charge is 2.37. The number of methoxy groups -OCH3 is 1. The Hall–Kier alpha value is -1.78. The Labute approximate surface area is 143 Å². The average molecular weight is 334 g/mol. The predicted molar refractivity (Wildman–Crippen MR) is 92.9 cm³/mol. The van der Waals surface area contributed by atoms with Gasteiger partial charge in [-0.1, -0.05) is 13.8 Å². The summed E-state index contributed by atoms with van der Waals surface area (Å²) in [6.45, 7) is 7.51. The van der Waals surface area contributed by atoms with Gasteiger partial charge in [-0.3, -0.25) is 4.79 Å². The Balaban J connectivity index is 1.59. The SMILES string of the molecule is COc1cc(N2CCN(C(=O)C3CCC(C)(C)C3)CC2)ccc1F. The highest BCUT2D eigenvalue weighted by atomic mass is 19.1. The molecular formula is C19H27FN2O2. The first-order valence-electron chi connectivity index (χ1n) is 8.77. The normalized spacial score (nSPS) is 23.4. The average Bonchev–Trinajstić information content (AvgIpc) is 2.95. The number of carbonyl (C=O) groups is 1. The molecular weight excluding hydrogens is 307 g/mol. The summed E-state index contributed by atoms with van der Waals surface area (Å²) in [7, 11) is 1.47. The molecule has 132 valence electrons. The lowest BCUT2D eigenvalue weighted by atomic mass is 9.90. The first-order chi connectivity index (χ1) is 11.4. The molecule has 1 aliphatic carbocycles. The molecule has 1 amide bonds. The van der Waals surface area contributed by atoms with Crippen LogP contribution in [0.2, 0.25) is 0 Å². The molecule has 1 heterocycles. The Morgan fingerprint density at radius 1 is 1.25 bits per heavy atom. The lowest BCUT2D eigenvalue weighted by Crippen LogP contribution is -2.50. The van der Waals surface area contributed by atoms with Crippen LogP contribution in [0.4, 0.5) is 10.1 Å². The van der Waals surface area contributed by atoms with Crippen LogP contribution in [0.3, 0.4) is 0 Å². The van der Waals surface area contributed by atoms with Crippen molar-refractivity contribution in [2.45, 2.75) is 33.1 Å². The van der Waals surface area contributed by atoms with Gasteiger partial charge in [0.05, 0.1) is 7.11 Å². The Morgan fingerprint density at radius 2 is 1.96 bits per heavy atom. The van der Waals surface area contributed by atoms with Gasteiger partial charge in [0.2, 0.25) is 5.91 Å². The molecule has 1 aromatic carbocycles. The van der Waals surface area contributed by atoms with Crippen molar-refractivity contribution < 1.29 is 13.9 Å². The molecule has 0 radical (unpaired) electrons. The van der Waals surface area contributed by atoms with Crippen molar-refractivity contribution in [3.63, 3.8) is 0 Å². The third-order valence-electron chi connectivity index (χ3n) is 5.41. The summed E-state index contributed by atoms with van der Waals surface area (Å²) in [6.07, 6.45) is 3.15. The van der Waals surface area contributed by atoms with Gasteiger partial charge in [-0.05, 0) is 36.8 Å². The molecule has 1 atom stereocenters. The molecule has 0 N–H and O–H groups in total. The number of anilines is 1. The molecule has 2 aliphatic rings. The maximum absolute atomic E-state index is 13.5. The van der Waals surface area contributed by atoms with Crippen LogP contribution in [-0.4, -0.2) is 44.1 Å². The van der Waals surface area contributed by atoms with Crippen LogP contribution in [0.5, 0.6) is 5.75 Å². The van der Waals surface area contributed by atoms with Crippen LogP contribution in [0, 0.1) is 17.2 Å². The fourth-order valence-electron chi connectivity index (χ4n) is 3.94. The molecule has 1 aliphatic heterocycles. The van der Waals surface area contributed by atoms with E-state index < -0.39 is 0 Å². The fourth-order valence-corrected chi connectivity index (χ4v) is 3.94. The van der Waals surface area contributed by atoms with E-state index in [9.17, 15) is 9.18 Å². The molecule has 5 heteroatoms. The number of hydrogen-bond donors (Lipinski definition) is 0. The summed E-state index contributed by atoms with van der Waals surface area (Å²) in [4.78, 5) is 16.9. The summed E-state index contributed by atoms with van der Waals surface area (Å²) < 4.78 is 18.6. The lowest BCUT2D eigenvalue weighted by Gasteiger charge is -2.37. The summed E-state index contributed by atoms with van der Waals surface area (Å²) >= 11 is 0. The summed E-state index contributed by atoms with van der Waals surface area (Å²) in [5, 5.41) is 0. The number of carbonyl (C=O) groups excluding carboxylic acids is 1. The molecule has 2 fully saturated rings. The second-order valence-electron chi connectivity index (χ2n) is 7.74. The van der Waals surface area contributed by atoms with E-state index >= 15 is 0 Å². The lowest BCUT2D eigenvalue weighted by molar-refractivity contribution is -0.135. The number of rotatable bonds is 3. The van der Waals surface area contributed by atoms with Crippen molar-refractivity contribution in [2.24, 2.45) is 11.3 Å². The number of hydrogen-bond acceptors (Lipinski definition) is 3. The zero-order valence-electron chi connectivity index (χ0n) is 14.8.